The standard InChI is InChI=1S/C19H22ClN7O2/c1-11-6-7-27(16(8-11)18-24-23-12(2)29-18)19(28)22-13-4-5-15(20)14(9-13)17-21-10-26(3)25-17/h4-5,9-11,16H,6-8H2,1-3H3,(H,22,28)/t11-,16?/m0/s1. The van der Waals surface area contributed by atoms with Crippen molar-refractivity contribution in [2.75, 3.05) is 11.9 Å². The Morgan fingerprint density at radius 2 is 2.17 bits per heavy atom. The average molecular weight is 416 g/mol. The van der Waals surface area contributed by atoms with Crippen LogP contribution in [0.5, 0.6) is 0 Å². The first-order chi connectivity index (χ1) is 13.9. The number of halogens is 1. The van der Waals surface area contributed by atoms with Crippen molar-refractivity contribution in [2.45, 2.75) is 32.7 Å². The van der Waals surface area contributed by atoms with Crippen LogP contribution in [-0.4, -0.2) is 42.4 Å². The summed E-state index contributed by atoms with van der Waals surface area (Å²) in [5.74, 6) is 1.93. The van der Waals surface area contributed by atoms with Crippen molar-refractivity contribution >= 4 is 23.3 Å². The van der Waals surface area contributed by atoms with Gasteiger partial charge in [-0.05, 0) is 37.0 Å². The van der Waals surface area contributed by atoms with Crippen molar-refractivity contribution in [1.82, 2.24) is 29.9 Å². The van der Waals surface area contributed by atoms with E-state index in [4.69, 9.17) is 16.0 Å². The van der Waals surface area contributed by atoms with Gasteiger partial charge in [-0.2, -0.15) is 5.10 Å². The highest BCUT2D eigenvalue weighted by Gasteiger charge is 2.34. The summed E-state index contributed by atoms with van der Waals surface area (Å²) < 4.78 is 7.22. The third-order valence-corrected chi connectivity index (χ3v) is 5.34. The fourth-order valence-corrected chi connectivity index (χ4v) is 3.70. The SMILES string of the molecule is Cc1nnc(C2C[C@@H](C)CCN2C(=O)Nc2ccc(Cl)c(-c3ncn(C)n3)c2)o1. The minimum atomic E-state index is -0.246. The molecule has 2 aromatic heterocycles. The number of hydrogen-bond donors (Lipinski definition) is 1. The lowest BCUT2D eigenvalue weighted by atomic mass is 9.92. The van der Waals surface area contributed by atoms with E-state index in [2.05, 4.69) is 32.5 Å². The van der Waals surface area contributed by atoms with Crippen molar-refractivity contribution in [3.05, 3.63) is 41.3 Å². The monoisotopic (exact) mass is 415 g/mol. The Morgan fingerprint density at radius 3 is 2.86 bits per heavy atom. The molecule has 0 bridgehead atoms. The minimum absolute atomic E-state index is 0.222. The van der Waals surface area contributed by atoms with E-state index in [9.17, 15) is 4.79 Å². The van der Waals surface area contributed by atoms with E-state index in [1.807, 2.05) is 0 Å². The molecule has 0 aliphatic carbocycles. The van der Waals surface area contributed by atoms with Gasteiger partial charge in [-0.3, -0.25) is 4.68 Å². The third kappa shape index (κ3) is 4.09. The van der Waals surface area contributed by atoms with Gasteiger partial charge in [-0.1, -0.05) is 18.5 Å². The quantitative estimate of drug-likeness (QED) is 0.697. The predicted molar refractivity (Wildman–Crippen MR) is 107 cm³/mol. The normalized spacial score (nSPS) is 19.4. The number of amides is 2. The van der Waals surface area contributed by atoms with E-state index in [1.165, 1.54) is 0 Å². The van der Waals surface area contributed by atoms with Gasteiger partial charge in [0.15, 0.2) is 5.82 Å². The number of urea groups is 1. The Kier molecular flexibility index (Phi) is 5.23. The van der Waals surface area contributed by atoms with Gasteiger partial charge >= 0.3 is 6.03 Å². The Morgan fingerprint density at radius 1 is 1.34 bits per heavy atom. The summed E-state index contributed by atoms with van der Waals surface area (Å²) in [4.78, 5) is 19.0. The topological polar surface area (TPSA) is 102 Å². The second kappa shape index (κ2) is 7.82. The summed E-state index contributed by atoms with van der Waals surface area (Å²) in [6.07, 6.45) is 3.29. The molecule has 3 heterocycles. The van der Waals surface area contributed by atoms with Gasteiger partial charge in [0.25, 0.3) is 0 Å². The number of carbonyl (C=O) groups is 1. The maximum absolute atomic E-state index is 13.1. The Hall–Kier alpha value is -2.94. The fourth-order valence-electron chi connectivity index (χ4n) is 3.50. The molecule has 2 amide bonds. The maximum atomic E-state index is 13.1. The number of piperidine rings is 1. The minimum Gasteiger partial charge on any atom is -0.423 e. The number of benzene rings is 1. The summed E-state index contributed by atoms with van der Waals surface area (Å²) in [5.41, 5.74) is 1.27. The van der Waals surface area contributed by atoms with Crippen LogP contribution in [0.2, 0.25) is 5.02 Å². The number of hydrogen-bond acceptors (Lipinski definition) is 6. The lowest BCUT2D eigenvalue weighted by molar-refractivity contribution is 0.125. The van der Waals surface area contributed by atoms with Gasteiger partial charge in [0.2, 0.25) is 11.8 Å². The highest BCUT2D eigenvalue weighted by Crippen LogP contribution is 2.34. The molecule has 0 spiro atoms. The van der Waals surface area contributed by atoms with Gasteiger partial charge in [-0.25, -0.2) is 9.78 Å². The molecule has 10 heteroatoms. The van der Waals surface area contributed by atoms with Gasteiger partial charge < -0.3 is 14.6 Å². The van der Waals surface area contributed by atoms with E-state index >= 15 is 0 Å². The van der Waals surface area contributed by atoms with Gasteiger partial charge in [-0.15, -0.1) is 10.2 Å². The van der Waals surface area contributed by atoms with Crippen LogP contribution in [0, 0.1) is 12.8 Å². The molecule has 29 heavy (non-hydrogen) atoms. The largest absolute Gasteiger partial charge is 0.423 e. The van der Waals surface area contributed by atoms with Crippen LogP contribution in [0.1, 0.15) is 37.6 Å². The molecule has 9 nitrogen and oxygen atoms in total. The average Bonchev–Trinajstić information content (AvgIpc) is 3.31. The van der Waals surface area contributed by atoms with Crippen molar-refractivity contribution < 1.29 is 9.21 Å². The van der Waals surface area contributed by atoms with Crippen LogP contribution in [0.25, 0.3) is 11.4 Å². The zero-order chi connectivity index (χ0) is 20.5. The molecule has 0 radical (unpaired) electrons. The Balaban J connectivity index is 1.56. The van der Waals surface area contributed by atoms with Crippen LogP contribution in [0.4, 0.5) is 10.5 Å². The first-order valence-electron chi connectivity index (χ1n) is 9.44. The van der Waals surface area contributed by atoms with E-state index in [0.29, 0.717) is 46.3 Å². The van der Waals surface area contributed by atoms with Crippen molar-refractivity contribution in [3.8, 4) is 11.4 Å². The van der Waals surface area contributed by atoms with Gasteiger partial charge in [0.1, 0.15) is 12.4 Å². The third-order valence-electron chi connectivity index (χ3n) is 5.01. The van der Waals surface area contributed by atoms with Crippen LogP contribution < -0.4 is 5.32 Å². The summed E-state index contributed by atoms with van der Waals surface area (Å²) in [6.45, 7) is 4.52. The number of anilines is 1. The highest BCUT2D eigenvalue weighted by atomic mass is 35.5. The van der Waals surface area contributed by atoms with Crippen molar-refractivity contribution in [2.24, 2.45) is 13.0 Å². The second-order valence-corrected chi connectivity index (χ2v) is 7.77. The summed E-state index contributed by atoms with van der Waals surface area (Å²) in [7, 11) is 1.78. The van der Waals surface area contributed by atoms with Crippen molar-refractivity contribution in [1.29, 1.82) is 0 Å². The molecule has 1 fully saturated rings. The lowest BCUT2D eigenvalue weighted by Crippen LogP contribution is -2.43. The number of aryl methyl sites for hydroxylation is 2. The van der Waals surface area contributed by atoms with Crippen molar-refractivity contribution in [3.63, 3.8) is 0 Å². The molecule has 1 unspecified atom stereocenters. The second-order valence-electron chi connectivity index (χ2n) is 7.36. The number of likely N-dealkylation sites (tertiary alicyclic amines) is 1. The summed E-state index contributed by atoms with van der Waals surface area (Å²) in [6, 6.07) is 4.78. The predicted octanol–water partition coefficient (Wildman–Crippen LogP) is 3.83. The Bertz CT molecular complexity index is 1030. The molecule has 1 saturated heterocycles. The maximum Gasteiger partial charge on any atom is 0.322 e. The molecular weight excluding hydrogens is 394 g/mol. The molecule has 1 aliphatic heterocycles. The fraction of sp³-hybridized carbons (Fsp3) is 0.421. The smallest absolute Gasteiger partial charge is 0.322 e. The van der Waals surface area contributed by atoms with Crippen LogP contribution in [0.15, 0.2) is 28.9 Å². The van der Waals surface area contributed by atoms with E-state index < -0.39 is 0 Å². The lowest BCUT2D eigenvalue weighted by Gasteiger charge is -2.36. The van der Waals surface area contributed by atoms with Gasteiger partial charge in [0, 0.05) is 31.8 Å². The number of nitrogens with one attached hydrogen (secondary N) is 1. The van der Waals surface area contributed by atoms with Crippen LogP contribution in [-0.2, 0) is 7.05 Å². The summed E-state index contributed by atoms with van der Waals surface area (Å²) >= 11 is 6.31. The molecule has 152 valence electrons. The molecular formula is C19H22ClN7O2. The molecule has 1 aliphatic rings. The number of nitrogens with zero attached hydrogens (tertiary/aromatic N) is 6. The van der Waals surface area contributed by atoms with E-state index in [1.54, 1.807) is 48.1 Å². The first-order valence-corrected chi connectivity index (χ1v) is 9.81. The van der Waals surface area contributed by atoms with E-state index in [0.717, 1.165) is 12.8 Å². The number of aromatic nitrogens is 5. The first kappa shape index (κ1) is 19.4. The highest BCUT2D eigenvalue weighted by molar-refractivity contribution is 6.33. The van der Waals surface area contributed by atoms with Crippen LogP contribution >= 0.6 is 11.6 Å². The number of carbonyl (C=O) groups excluding carboxylic acids is 1. The Labute approximate surface area is 173 Å². The van der Waals surface area contributed by atoms with Gasteiger partial charge in [0.05, 0.1) is 5.02 Å². The zero-order valence-corrected chi connectivity index (χ0v) is 17.2. The molecule has 4 rings (SSSR count). The molecule has 1 N–H and O–H groups in total. The molecule has 0 saturated carbocycles. The zero-order valence-electron chi connectivity index (χ0n) is 16.5. The molecule has 2 atom stereocenters. The molecule has 1 aromatic carbocycles. The number of rotatable bonds is 3. The van der Waals surface area contributed by atoms with E-state index in [-0.39, 0.29) is 12.1 Å². The van der Waals surface area contributed by atoms with Crippen LogP contribution in [0.3, 0.4) is 0 Å². The summed E-state index contributed by atoms with van der Waals surface area (Å²) in [5, 5.41) is 15.8. The molecule has 3 aromatic rings.